The number of aliphatic imine (C=N–C) groups is 2. The van der Waals surface area contributed by atoms with Gasteiger partial charge < -0.3 is 20.7 Å². The quantitative estimate of drug-likeness (QED) is 0.722. The summed E-state index contributed by atoms with van der Waals surface area (Å²) in [7, 11) is 0. The van der Waals surface area contributed by atoms with Gasteiger partial charge >= 0.3 is 0 Å². The van der Waals surface area contributed by atoms with Crippen LogP contribution in [-0.4, -0.2) is 49.4 Å². The standard InChI is InChI=1S/C25H34N6O/c1-4-5-6-20-8-10-21(11-9-20)27-24-28-23(26)29-25(30-13-15-32-16-14-30)31(24)22-12-7-18(2)19(3)17-22/h7-12,17,24,27H,4-6,13-16H2,1-3H3,(H2,26,28). The van der Waals surface area contributed by atoms with Crippen molar-refractivity contribution >= 4 is 23.3 Å². The van der Waals surface area contributed by atoms with Gasteiger partial charge in [-0.25, -0.2) is 4.99 Å². The van der Waals surface area contributed by atoms with Crippen LogP contribution in [0.2, 0.25) is 0 Å². The topological polar surface area (TPSA) is 78.5 Å². The summed E-state index contributed by atoms with van der Waals surface area (Å²) in [6.45, 7) is 9.36. The lowest BCUT2D eigenvalue weighted by molar-refractivity contribution is 0.0671. The van der Waals surface area contributed by atoms with E-state index < -0.39 is 6.29 Å². The van der Waals surface area contributed by atoms with E-state index in [9.17, 15) is 0 Å². The van der Waals surface area contributed by atoms with Crippen LogP contribution >= 0.6 is 0 Å². The number of unbranched alkanes of at least 4 members (excludes halogenated alkanes) is 1. The second kappa shape index (κ2) is 10.0. The molecule has 7 heteroatoms. The Bertz CT molecular complexity index is 978. The number of benzene rings is 2. The van der Waals surface area contributed by atoms with Crippen molar-refractivity contribution in [2.75, 3.05) is 36.5 Å². The molecule has 2 aliphatic rings. The Morgan fingerprint density at radius 1 is 1.06 bits per heavy atom. The van der Waals surface area contributed by atoms with Gasteiger partial charge in [-0.15, -0.1) is 0 Å². The van der Waals surface area contributed by atoms with Gasteiger partial charge in [-0.2, -0.15) is 4.99 Å². The number of morpholine rings is 1. The number of nitrogens with two attached hydrogens (primary N) is 1. The van der Waals surface area contributed by atoms with E-state index in [1.54, 1.807) is 0 Å². The van der Waals surface area contributed by atoms with Gasteiger partial charge in [0.2, 0.25) is 18.2 Å². The molecular weight excluding hydrogens is 400 g/mol. The Morgan fingerprint density at radius 2 is 1.81 bits per heavy atom. The third-order valence-corrected chi connectivity index (χ3v) is 6.06. The zero-order chi connectivity index (χ0) is 22.5. The highest BCUT2D eigenvalue weighted by Gasteiger charge is 2.32. The van der Waals surface area contributed by atoms with Gasteiger partial charge in [-0.3, -0.25) is 4.90 Å². The Balaban J connectivity index is 1.65. The van der Waals surface area contributed by atoms with Gasteiger partial charge in [-0.05, 0) is 67.6 Å². The number of ether oxygens (including phenoxy) is 1. The van der Waals surface area contributed by atoms with Crippen molar-refractivity contribution in [2.45, 2.75) is 46.3 Å². The second-order valence-electron chi connectivity index (χ2n) is 8.46. The van der Waals surface area contributed by atoms with Gasteiger partial charge in [0, 0.05) is 24.5 Å². The predicted molar refractivity (Wildman–Crippen MR) is 132 cm³/mol. The molecule has 0 bridgehead atoms. The summed E-state index contributed by atoms with van der Waals surface area (Å²) in [5, 5.41) is 3.57. The number of hydrogen-bond acceptors (Lipinski definition) is 7. The minimum atomic E-state index is -0.394. The van der Waals surface area contributed by atoms with E-state index in [-0.39, 0.29) is 5.96 Å². The van der Waals surface area contributed by atoms with Crippen LogP contribution in [0.25, 0.3) is 0 Å². The summed E-state index contributed by atoms with van der Waals surface area (Å²) in [5.41, 5.74) is 12.1. The molecule has 0 amide bonds. The van der Waals surface area contributed by atoms with E-state index in [1.807, 2.05) is 0 Å². The molecule has 0 radical (unpaired) electrons. The monoisotopic (exact) mass is 434 g/mol. The second-order valence-corrected chi connectivity index (χ2v) is 8.46. The molecular formula is C25H34N6O. The molecule has 1 atom stereocenters. The van der Waals surface area contributed by atoms with Crippen molar-refractivity contribution in [1.82, 2.24) is 4.90 Å². The summed E-state index contributed by atoms with van der Waals surface area (Å²) in [6, 6.07) is 15.1. The van der Waals surface area contributed by atoms with Crippen LogP contribution in [-0.2, 0) is 11.2 Å². The van der Waals surface area contributed by atoms with E-state index in [0.717, 1.165) is 36.8 Å². The Morgan fingerprint density at radius 3 is 2.50 bits per heavy atom. The van der Waals surface area contributed by atoms with Crippen LogP contribution in [0.5, 0.6) is 0 Å². The molecule has 1 fully saturated rings. The highest BCUT2D eigenvalue weighted by molar-refractivity contribution is 6.06. The number of aryl methyl sites for hydroxylation is 3. The SMILES string of the molecule is CCCCc1ccc(NC2N=C(N)N=C(N3CCOCC3)N2c2ccc(C)c(C)c2)cc1. The maximum absolute atomic E-state index is 6.19. The molecule has 0 spiro atoms. The van der Waals surface area contributed by atoms with Crippen molar-refractivity contribution in [3.8, 4) is 0 Å². The molecule has 2 aliphatic heterocycles. The molecule has 4 rings (SSSR count). The van der Waals surface area contributed by atoms with Crippen molar-refractivity contribution in [1.29, 1.82) is 0 Å². The molecule has 2 aromatic carbocycles. The number of anilines is 2. The smallest absolute Gasteiger partial charge is 0.222 e. The first kappa shape index (κ1) is 22.1. The van der Waals surface area contributed by atoms with Gasteiger partial charge in [-0.1, -0.05) is 31.5 Å². The largest absolute Gasteiger partial charge is 0.378 e. The first-order valence-corrected chi connectivity index (χ1v) is 11.5. The lowest BCUT2D eigenvalue weighted by atomic mass is 10.1. The van der Waals surface area contributed by atoms with Crippen LogP contribution in [0.4, 0.5) is 11.4 Å². The van der Waals surface area contributed by atoms with Gasteiger partial charge in [0.1, 0.15) is 0 Å². The van der Waals surface area contributed by atoms with Crippen LogP contribution in [0.3, 0.4) is 0 Å². The lowest BCUT2D eigenvalue weighted by Gasteiger charge is -2.41. The zero-order valence-electron chi connectivity index (χ0n) is 19.3. The maximum Gasteiger partial charge on any atom is 0.222 e. The molecule has 3 N–H and O–H groups in total. The van der Waals surface area contributed by atoms with E-state index >= 15 is 0 Å². The van der Waals surface area contributed by atoms with E-state index in [4.69, 9.17) is 10.5 Å². The molecule has 7 nitrogen and oxygen atoms in total. The van der Waals surface area contributed by atoms with Crippen molar-refractivity contribution < 1.29 is 4.74 Å². The molecule has 170 valence electrons. The highest BCUT2D eigenvalue weighted by atomic mass is 16.5. The summed E-state index contributed by atoms with van der Waals surface area (Å²) >= 11 is 0. The number of nitrogens with one attached hydrogen (secondary N) is 1. The van der Waals surface area contributed by atoms with Gasteiger partial charge in [0.15, 0.2) is 0 Å². The average molecular weight is 435 g/mol. The van der Waals surface area contributed by atoms with E-state index in [0.29, 0.717) is 13.2 Å². The molecule has 0 saturated carbocycles. The Hall–Kier alpha value is -3.06. The molecule has 2 aromatic rings. The predicted octanol–water partition coefficient (Wildman–Crippen LogP) is 3.86. The van der Waals surface area contributed by atoms with Crippen molar-refractivity contribution in [3.05, 3.63) is 59.2 Å². The van der Waals surface area contributed by atoms with E-state index in [2.05, 4.69) is 88.3 Å². The Labute approximate surface area is 191 Å². The number of hydrogen-bond donors (Lipinski definition) is 2. The van der Waals surface area contributed by atoms with Crippen LogP contribution < -0.4 is 16.0 Å². The fourth-order valence-corrected chi connectivity index (χ4v) is 3.99. The fraction of sp³-hybridized carbons (Fsp3) is 0.440. The average Bonchev–Trinajstić information content (AvgIpc) is 2.81. The molecule has 1 unspecified atom stereocenters. The van der Waals surface area contributed by atoms with Crippen molar-refractivity contribution in [3.63, 3.8) is 0 Å². The molecule has 0 aliphatic carbocycles. The number of guanidine groups is 2. The zero-order valence-corrected chi connectivity index (χ0v) is 19.3. The normalized spacial score (nSPS) is 18.9. The summed E-state index contributed by atoms with van der Waals surface area (Å²) in [4.78, 5) is 13.7. The van der Waals surface area contributed by atoms with Crippen LogP contribution in [0, 0.1) is 13.8 Å². The maximum atomic E-state index is 6.19. The van der Waals surface area contributed by atoms with Crippen LogP contribution in [0.15, 0.2) is 52.4 Å². The van der Waals surface area contributed by atoms with Gasteiger partial charge in [0.25, 0.3) is 0 Å². The first-order chi connectivity index (χ1) is 15.5. The number of nitrogens with zero attached hydrogens (tertiary/aromatic N) is 4. The minimum absolute atomic E-state index is 0.281. The van der Waals surface area contributed by atoms with E-state index in [1.165, 1.54) is 29.5 Å². The van der Waals surface area contributed by atoms with Gasteiger partial charge in [0.05, 0.1) is 13.2 Å². The van der Waals surface area contributed by atoms with Crippen molar-refractivity contribution in [2.24, 2.45) is 15.7 Å². The fourth-order valence-electron chi connectivity index (χ4n) is 3.99. The molecule has 32 heavy (non-hydrogen) atoms. The third kappa shape index (κ3) is 5.05. The summed E-state index contributed by atoms with van der Waals surface area (Å²) in [6.07, 6.45) is 3.11. The summed E-state index contributed by atoms with van der Waals surface area (Å²) < 4.78 is 5.56. The summed E-state index contributed by atoms with van der Waals surface area (Å²) in [5.74, 6) is 1.09. The first-order valence-electron chi connectivity index (χ1n) is 11.5. The lowest BCUT2D eigenvalue weighted by Crippen LogP contribution is -2.57. The highest BCUT2D eigenvalue weighted by Crippen LogP contribution is 2.26. The van der Waals surface area contributed by atoms with Crippen LogP contribution in [0.1, 0.15) is 36.5 Å². The molecule has 1 saturated heterocycles. The number of rotatable bonds is 6. The molecule has 0 aromatic heterocycles. The Kier molecular flexibility index (Phi) is 6.95. The molecule has 2 heterocycles. The third-order valence-electron chi connectivity index (χ3n) is 6.06. The minimum Gasteiger partial charge on any atom is -0.378 e.